The van der Waals surface area contributed by atoms with Gasteiger partial charge in [0.05, 0.1) is 8.95 Å². The second kappa shape index (κ2) is 9.75. The van der Waals surface area contributed by atoms with Crippen molar-refractivity contribution in [1.82, 2.24) is 0 Å². The van der Waals surface area contributed by atoms with Gasteiger partial charge in [-0.25, -0.2) is 8.78 Å². The van der Waals surface area contributed by atoms with Crippen molar-refractivity contribution in [1.29, 1.82) is 0 Å². The SMILES string of the molecule is Fc1c(Br)ccc(OCc2ccccc2)c1F.Oc1ccc(Br)c(F)c1F. The molecule has 0 aliphatic rings. The van der Waals surface area contributed by atoms with Gasteiger partial charge >= 0.3 is 0 Å². The molecule has 0 bridgehead atoms. The van der Waals surface area contributed by atoms with E-state index in [0.29, 0.717) is 0 Å². The largest absolute Gasteiger partial charge is 0.505 e. The third kappa shape index (κ3) is 5.71. The predicted molar refractivity (Wildman–Crippen MR) is 101 cm³/mol. The van der Waals surface area contributed by atoms with Crippen molar-refractivity contribution >= 4 is 31.9 Å². The molecule has 0 aliphatic heterocycles. The molecular formula is C19H12Br2F4O2. The number of rotatable bonds is 3. The van der Waals surface area contributed by atoms with Gasteiger partial charge in [0.2, 0.25) is 11.6 Å². The van der Waals surface area contributed by atoms with E-state index in [1.54, 1.807) is 0 Å². The fourth-order valence-corrected chi connectivity index (χ4v) is 2.48. The normalized spacial score (nSPS) is 10.1. The van der Waals surface area contributed by atoms with Crippen molar-refractivity contribution in [2.75, 3.05) is 0 Å². The lowest BCUT2D eigenvalue weighted by molar-refractivity contribution is 0.284. The minimum Gasteiger partial charge on any atom is -0.505 e. The van der Waals surface area contributed by atoms with E-state index < -0.39 is 29.0 Å². The number of hydrogen-bond acceptors (Lipinski definition) is 2. The highest BCUT2D eigenvalue weighted by molar-refractivity contribution is 9.10. The van der Waals surface area contributed by atoms with Gasteiger partial charge in [-0.3, -0.25) is 0 Å². The van der Waals surface area contributed by atoms with Crippen LogP contribution in [0.2, 0.25) is 0 Å². The zero-order chi connectivity index (χ0) is 20.0. The summed E-state index contributed by atoms with van der Waals surface area (Å²) in [6, 6.07) is 14.4. The summed E-state index contributed by atoms with van der Waals surface area (Å²) < 4.78 is 56.7. The molecule has 0 aliphatic carbocycles. The van der Waals surface area contributed by atoms with Crippen molar-refractivity contribution in [2.24, 2.45) is 0 Å². The molecule has 0 heterocycles. The summed E-state index contributed by atoms with van der Waals surface area (Å²) >= 11 is 5.66. The Morgan fingerprint density at radius 1 is 0.704 bits per heavy atom. The molecule has 0 unspecified atom stereocenters. The van der Waals surface area contributed by atoms with E-state index in [9.17, 15) is 17.6 Å². The van der Waals surface area contributed by atoms with Crippen LogP contribution in [0.5, 0.6) is 11.5 Å². The summed E-state index contributed by atoms with van der Waals surface area (Å²) in [7, 11) is 0. The van der Waals surface area contributed by atoms with E-state index in [2.05, 4.69) is 31.9 Å². The third-order valence-corrected chi connectivity index (χ3v) is 4.48. The van der Waals surface area contributed by atoms with Crippen LogP contribution in [0, 0.1) is 23.3 Å². The van der Waals surface area contributed by atoms with E-state index >= 15 is 0 Å². The number of aromatic hydroxyl groups is 1. The maximum Gasteiger partial charge on any atom is 0.201 e. The quantitative estimate of drug-likeness (QED) is 0.314. The standard InChI is InChI=1S/C13H9BrF2O.C6H3BrF2O/c14-10-6-7-11(13(16)12(10)15)17-8-9-4-2-1-3-5-9;7-3-1-2-4(10)6(9)5(3)8/h1-7H,8H2;1-2,10H. The second-order valence-electron chi connectivity index (χ2n) is 5.14. The molecule has 142 valence electrons. The van der Waals surface area contributed by atoms with E-state index in [4.69, 9.17) is 9.84 Å². The molecule has 2 nitrogen and oxygen atoms in total. The fraction of sp³-hybridized carbons (Fsp3) is 0.0526. The molecular weight excluding hydrogens is 496 g/mol. The summed E-state index contributed by atoms with van der Waals surface area (Å²) in [5.41, 5.74) is 0.898. The van der Waals surface area contributed by atoms with Gasteiger partial charge in [-0.2, -0.15) is 8.78 Å². The number of hydrogen-bond donors (Lipinski definition) is 1. The summed E-state index contributed by atoms with van der Waals surface area (Å²) in [5.74, 6) is -4.98. The molecule has 0 atom stereocenters. The van der Waals surface area contributed by atoms with Gasteiger partial charge in [0.15, 0.2) is 23.1 Å². The van der Waals surface area contributed by atoms with Gasteiger partial charge < -0.3 is 9.84 Å². The van der Waals surface area contributed by atoms with Crippen LogP contribution in [-0.2, 0) is 6.61 Å². The van der Waals surface area contributed by atoms with Gasteiger partial charge in [0, 0.05) is 0 Å². The smallest absolute Gasteiger partial charge is 0.201 e. The summed E-state index contributed by atoms with van der Waals surface area (Å²) in [5, 5.41) is 8.59. The van der Waals surface area contributed by atoms with Crippen molar-refractivity contribution in [3.8, 4) is 11.5 Å². The van der Waals surface area contributed by atoms with Gasteiger partial charge in [-0.05, 0) is 61.7 Å². The lowest BCUT2D eigenvalue weighted by Gasteiger charge is -2.08. The molecule has 0 aromatic heterocycles. The first-order valence-electron chi connectivity index (χ1n) is 7.44. The maximum absolute atomic E-state index is 13.4. The van der Waals surface area contributed by atoms with Crippen LogP contribution in [0.3, 0.4) is 0 Å². The summed E-state index contributed by atoms with van der Waals surface area (Å²) in [6.07, 6.45) is 0. The zero-order valence-corrected chi connectivity index (χ0v) is 16.7. The molecule has 0 radical (unpaired) electrons. The molecule has 3 aromatic carbocycles. The van der Waals surface area contributed by atoms with Crippen LogP contribution in [0.25, 0.3) is 0 Å². The number of halogens is 6. The Morgan fingerprint density at radius 2 is 1.26 bits per heavy atom. The Bertz CT molecular complexity index is 894. The molecule has 0 amide bonds. The Hall–Kier alpha value is -2.06. The van der Waals surface area contributed by atoms with Gasteiger partial charge in [-0.1, -0.05) is 30.3 Å². The predicted octanol–water partition coefficient (Wildman–Crippen LogP) is 6.74. The van der Waals surface area contributed by atoms with Crippen LogP contribution in [0.1, 0.15) is 5.56 Å². The highest BCUT2D eigenvalue weighted by Gasteiger charge is 2.13. The second-order valence-corrected chi connectivity index (χ2v) is 6.85. The van der Waals surface area contributed by atoms with Gasteiger partial charge in [-0.15, -0.1) is 0 Å². The highest BCUT2D eigenvalue weighted by atomic mass is 79.9. The summed E-state index contributed by atoms with van der Waals surface area (Å²) in [6.45, 7) is 0.207. The first kappa shape index (κ1) is 21.2. The zero-order valence-electron chi connectivity index (χ0n) is 13.5. The lowest BCUT2D eigenvalue weighted by atomic mass is 10.2. The van der Waals surface area contributed by atoms with Crippen molar-refractivity contribution in [3.05, 3.63) is 92.4 Å². The number of ether oxygens (including phenoxy) is 1. The van der Waals surface area contributed by atoms with Crippen molar-refractivity contribution < 1.29 is 27.4 Å². The van der Waals surface area contributed by atoms with Crippen LogP contribution in [-0.4, -0.2) is 5.11 Å². The molecule has 1 N–H and O–H groups in total. The van der Waals surface area contributed by atoms with Crippen molar-refractivity contribution in [2.45, 2.75) is 6.61 Å². The van der Waals surface area contributed by atoms with Crippen LogP contribution in [0.4, 0.5) is 17.6 Å². The average molecular weight is 508 g/mol. The topological polar surface area (TPSA) is 29.5 Å². The van der Waals surface area contributed by atoms with Crippen LogP contribution in [0.15, 0.2) is 63.5 Å². The first-order chi connectivity index (χ1) is 12.8. The molecule has 8 heteroatoms. The maximum atomic E-state index is 13.4. The minimum atomic E-state index is -1.23. The third-order valence-electron chi connectivity index (χ3n) is 3.25. The monoisotopic (exact) mass is 506 g/mol. The minimum absolute atomic E-state index is 0.00259. The Balaban J connectivity index is 0.000000223. The van der Waals surface area contributed by atoms with E-state index in [1.807, 2.05) is 30.3 Å². The highest BCUT2D eigenvalue weighted by Crippen LogP contribution is 2.26. The van der Waals surface area contributed by atoms with Crippen molar-refractivity contribution in [3.63, 3.8) is 0 Å². The van der Waals surface area contributed by atoms with E-state index in [1.165, 1.54) is 18.2 Å². The molecule has 0 fully saturated rings. The fourth-order valence-electron chi connectivity index (χ4n) is 1.87. The van der Waals surface area contributed by atoms with Crippen LogP contribution >= 0.6 is 31.9 Å². The van der Waals surface area contributed by atoms with Gasteiger partial charge in [0.1, 0.15) is 6.61 Å². The number of phenolic OH excluding ortho intramolecular Hbond substituents is 1. The lowest BCUT2D eigenvalue weighted by Crippen LogP contribution is -1.99. The number of phenols is 1. The Labute approximate surface area is 169 Å². The van der Waals surface area contributed by atoms with Crippen LogP contribution < -0.4 is 4.74 Å². The summed E-state index contributed by atoms with van der Waals surface area (Å²) in [4.78, 5) is 0. The Morgan fingerprint density at radius 3 is 1.85 bits per heavy atom. The molecule has 3 aromatic rings. The molecule has 27 heavy (non-hydrogen) atoms. The molecule has 3 rings (SSSR count). The average Bonchev–Trinajstić information content (AvgIpc) is 2.68. The molecule has 0 saturated heterocycles. The van der Waals surface area contributed by atoms with E-state index in [0.717, 1.165) is 11.6 Å². The molecule has 0 saturated carbocycles. The number of benzene rings is 3. The Kier molecular flexibility index (Phi) is 7.67. The first-order valence-corrected chi connectivity index (χ1v) is 9.02. The van der Waals surface area contributed by atoms with E-state index in [-0.39, 0.29) is 21.3 Å². The van der Waals surface area contributed by atoms with Gasteiger partial charge in [0.25, 0.3) is 0 Å². The molecule has 0 spiro atoms.